The van der Waals surface area contributed by atoms with E-state index >= 15 is 0 Å². The van der Waals surface area contributed by atoms with Gasteiger partial charge in [-0.25, -0.2) is 18.4 Å². The Morgan fingerprint density at radius 1 is 1.50 bits per heavy atom. The molecule has 0 aliphatic carbocycles. The van der Waals surface area contributed by atoms with Crippen LogP contribution < -0.4 is 0 Å². The van der Waals surface area contributed by atoms with Crippen LogP contribution in [0.3, 0.4) is 0 Å². The molecule has 0 unspecified atom stereocenters. The van der Waals surface area contributed by atoms with Crippen LogP contribution in [0.25, 0.3) is 0 Å². The highest BCUT2D eigenvalue weighted by Crippen LogP contribution is 2.09. The van der Waals surface area contributed by atoms with Crippen molar-refractivity contribution in [2.24, 2.45) is 0 Å². The fourth-order valence-electron chi connectivity index (χ4n) is 0.632. The topological polar surface area (TPSA) is 59.9 Å². The molecule has 1 heterocycles. The number of rotatable bonds is 1. The van der Waals surface area contributed by atoms with Crippen molar-refractivity contribution in [2.45, 2.75) is 11.8 Å². The predicted molar refractivity (Wildman–Crippen MR) is 38.7 cm³/mol. The molecule has 1 rings (SSSR count). The fraction of sp³-hybridized carbons (Fsp3) is 0.333. The highest BCUT2D eigenvalue weighted by molar-refractivity contribution is 7.90. The van der Waals surface area contributed by atoms with Gasteiger partial charge in [-0.05, 0) is 6.92 Å². The van der Waals surface area contributed by atoms with Gasteiger partial charge in [-0.1, -0.05) is 0 Å². The summed E-state index contributed by atoms with van der Waals surface area (Å²) >= 11 is 0. The zero-order chi connectivity index (χ0) is 9.35. The minimum absolute atomic E-state index is 0.153. The molecule has 1 radical (unpaired) electrons. The quantitative estimate of drug-likeness (QED) is 0.589. The van der Waals surface area contributed by atoms with Crippen LogP contribution in [-0.4, -0.2) is 24.6 Å². The van der Waals surface area contributed by atoms with Crippen LogP contribution in [0.5, 0.6) is 0 Å². The summed E-state index contributed by atoms with van der Waals surface area (Å²) in [5, 5.41) is 0. The molecule has 0 amide bonds. The zero-order valence-electron chi connectivity index (χ0n) is 6.50. The molecule has 0 saturated carbocycles. The lowest BCUT2D eigenvalue weighted by atomic mass is 10.6. The number of aryl methyl sites for hydroxylation is 1. The molecule has 0 saturated heterocycles. The maximum Gasteiger partial charge on any atom is 0.235 e. The molecular formula is C6H6FN2O2S. The smallest absolute Gasteiger partial charge is 0.230 e. The lowest BCUT2D eigenvalue weighted by molar-refractivity contribution is 0.530. The van der Waals surface area contributed by atoms with Gasteiger partial charge < -0.3 is 0 Å². The molecule has 0 spiro atoms. The average molecular weight is 189 g/mol. The van der Waals surface area contributed by atoms with E-state index in [2.05, 4.69) is 16.2 Å². The molecule has 65 valence electrons. The van der Waals surface area contributed by atoms with Crippen molar-refractivity contribution in [3.8, 4) is 0 Å². The van der Waals surface area contributed by atoms with Gasteiger partial charge in [0.25, 0.3) is 0 Å². The first kappa shape index (κ1) is 9.05. The zero-order valence-corrected chi connectivity index (χ0v) is 7.31. The normalized spacial score (nSPS) is 11.6. The number of hydrogen-bond acceptors (Lipinski definition) is 4. The lowest BCUT2D eigenvalue weighted by Gasteiger charge is -1.97. The van der Waals surface area contributed by atoms with E-state index in [0.29, 0.717) is 0 Å². The van der Waals surface area contributed by atoms with Crippen LogP contribution in [0, 0.1) is 19.1 Å². The van der Waals surface area contributed by atoms with Gasteiger partial charge in [0.1, 0.15) is 16.9 Å². The van der Waals surface area contributed by atoms with E-state index in [-0.39, 0.29) is 5.82 Å². The Labute approximate surface area is 69.4 Å². The van der Waals surface area contributed by atoms with Crippen molar-refractivity contribution in [1.29, 1.82) is 0 Å². The molecule has 0 atom stereocenters. The van der Waals surface area contributed by atoms with Gasteiger partial charge in [0.05, 0.1) is 0 Å². The predicted octanol–water partition coefficient (Wildman–Crippen LogP) is 0.128. The third kappa shape index (κ3) is 1.76. The van der Waals surface area contributed by atoms with Crippen LogP contribution in [0.4, 0.5) is 4.39 Å². The third-order valence-electron chi connectivity index (χ3n) is 1.14. The molecule has 1 aromatic rings. The second kappa shape index (κ2) is 2.78. The van der Waals surface area contributed by atoms with Crippen molar-refractivity contribution in [1.82, 2.24) is 9.97 Å². The summed E-state index contributed by atoms with van der Waals surface area (Å²) in [6.45, 7) is 1.45. The summed E-state index contributed by atoms with van der Waals surface area (Å²) in [4.78, 5) is 6.11. The molecule has 6 heteroatoms. The summed E-state index contributed by atoms with van der Waals surface area (Å²) in [7, 11) is -3.61. The Bertz CT molecular complexity index is 402. The van der Waals surface area contributed by atoms with Crippen molar-refractivity contribution in [2.75, 3.05) is 6.26 Å². The summed E-state index contributed by atoms with van der Waals surface area (Å²) in [6.07, 6.45) is 2.95. The third-order valence-corrected chi connectivity index (χ3v) is 2.14. The molecule has 0 N–H and O–H groups in total. The van der Waals surface area contributed by atoms with E-state index in [1.165, 1.54) is 6.92 Å². The minimum Gasteiger partial charge on any atom is -0.230 e. The number of nitrogens with zero attached hydrogens (tertiary/aromatic N) is 2. The Hall–Kier alpha value is -1.04. The Morgan fingerprint density at radius 2 is 2.08 bits per heavy atom. The van der Waals surface area contributed by atoms with Crippen LogP contribution in [0.1, 0.15) is 5.82 Å². The number of halogens is 1. The Balaban J connectivity index is 3.39. The van der Waals surface area contributed by atoms with Crippen molar-refractivity contribution < 1.29 is 12.8 Å². The Morgan fingerprint density at radius 3 is 2.50 bits per heavy atom. The summed E-state index contributed by atoms with van der Waals surface area (Å²) in [5.74, 6) is -0.898. The Kier molecular flexibility index (Phi) is 2.10. The van der Waals surface area contributed by atoms with E-state index in [4.69, 9.17) is 0 Å². The van der Waals surface area contributed by atoms with Crippen molar-refractivity contribution >= 4 is 9.84 Å². The number of sulfone groups is 1. The van der Waals surface area contributed by atoms with Gasteiger partial charge in [-0.3, -0.25) is 0 Å². The van der Waals surface area contributed by atoms with E-state index in [1.54, 1.807) is 0 Å². The van der Waals surface area contributed by atoms with Crippen molar-refractivity contribution in [3.63, 3.8) is 0 Å². The standard InChI is InChI=1S/C6H6FN2O2S/c1-4-8-3-5(6(7)9-4)12(2,10)11/h1-2H3. The van der Waals surface area contributed by atoms with Gasteiger partial charge in [-0.2, -0.15) is 4.39 Å². The first-order valence-electron chi connectivity index (χ1n) is 3.03. The van der Waals surface area contributed by atoms with E-state index in [9.17, 15) is 12.8 Å². The molecular weight excluding hydrogens is 183 g/mol. The van der Waals surface area contributed by atoms with Crippen LogP contribution in [0.2, 0.25) is 0 Å². The molecule has 1 aromatic heterocycles. The SMILES string of the molecule is Cc1n[c]c(S(C)(=O)=O)c(F)n1. The molecule has 0 aliphatic rings. The van der Waals surface area contributed by atoms with E-state index in [1.807, 2.05) is 0 Å². The summed E-state index contributed by atoms with van der Waals surface area (Å²) < 4.78 is 34.4. The highest BCUT2D eigenvalue weighted by atomic mass is 32.2. The van der Waals surface area contributed by atoms with E-state index in [0.717, 1.165) is 6.26 Å². The summed E-state index contributed by atoms with van der Waals surface area (Å²) in [5.41, 5.74) is 0. The minimum atomic E-state index is -3.61. The summed E-state index contributed by atoms with van der Waals surface area (Å²) in [6, 6.07) is 0. The molecule has 12 heavy (non-hydrogen) atoms. The van der Waals surface area contributed by atoms with E-state index < -0.39 is 20.7 Å². The molecule has 0 bridgehead atoms. The first-order chi connectivity index (χ1) is 5.41. The maximum atomic E-state index is 12.8. The molecule has 0 aliphatic heterocycles. The molecule has 0 aromatic carbocycles. The van der Waals surface area contributed by atoms with Gasteiger partial charge >= 0.3 is 0 Å². The lowest BCUT2D eigenvalue weighted by Crippen LogP contribution is -2.05. The number of hydrogen-bond donors (Lipinski definition) is 0. The second-order valence-electron chi connectivity index (χ2n) is 2.27. The molecule has 0 fully saturated rings. The van der Waals surface area contributed by atoms with Gasteiger partial charge in [0.15, 0.2) is 9.84 Å². The average Bonchev–Trinajstić information content (AvgIpc) is 1.83. The van der Waals surface area contributed by atoms with Crippen LogP contribution >= 0.6 is 0 Å². The monoisotopic (exact) mass is 189 g/mol. The largest absolute Gasteiger partial charge is 0.235 e. The second-order valence-corrected chi connectivity index (χ2v) is 4.23. The van der Waals surface area contributed by atoms with Gasteiger partial charge in [0.2, 0.25) is 5.95 Å². The number of aromatic nitrogens is 2. The van der Waals surface area contributed by atoms with Gasteiger partial charge in [0, 0.05) is 6.26 Å². The van der Waals surface area contributed by atoms with Crippen LogP contribution in [-0.2, 0) is 9.84 Å². The van der Waals surface area contributed by atoms with Crippen LogP contribution in [0.15, 0.2) is 4.90 Å². The first-order valence-corrected chi connectivity index (χ1v) is 4.92. The van der Waals surface area contributed by atoms with Gasteiger partial charge in [-0.15, -0.1) is 0 Å². The van der Waals surface area contributed by atoms with Crippen molar-refractivity contribution in [3.05, 3.63) is 18.0 Å². The highest BCUT2D eigenvalue weighted by Gasteiger charge is 2.15. The fourth-order valence-corrected chi connectivity index (χ4v) is 1.19. The maximum absolute atomic E-state index is 12.8. The molecule has 4 nitrogen and oxygen atoms in total.